The standard InChI is InChI=1S/C18H28FN3O3/c1-18(2,3)25-17(24)21-15-8-6-4-5-7-14(15)16(23)22-11-12(19)9-13(22)10-20/h12-15H,4-9,11H2,1-3H3,(H,21,24)/t12?,13?,14-,15+/m0/s1. The van der Waals surface area contributed by atoms with E-state index < -0.39 is 29.8 Å². The molecule has 0 aromatic heterocycles. The summed E-state index contributed by atoms with van der Waals surface area (Å²) in [5.41, 5.74) is -0.614. The quantitative estimate of drug-likeness (QED) is 0.774. The number of hydrogen-bond donors (Lipinski definition) is 1. The third-order valence-electron chi connectivity index (χ3n) is 4.72. The van der Waals surface area contributed by atoms with Gasteiger partial charge in [-0.05, 0) is 33.6 Å². The lowest BCUT2D eigenvalue weighted by molar-refractivity contribution is -0.136. The zero-order chi connectivity index (χ0) is 18.6. The molecule has 0 spiro atoms. The van der Waals surface area contributed by atoms with Crippen LogP contribution in [0, 0.1) is 17.2 Å². The van der Waals surface area contributed by atoms with Gasteiger partial charge in [0.25, 0.3) is 0 Å². The minimum Gasteiger partial charge on any atom is -0.444 e. The highest BCUT2D eigenvalue weighted by atomic mass is 19.1. The van der Waals surface area contributed by atoms with Crippen molar-refractivity contribution < 1.29 is 18.7 Å². The number of alkyl halides is 1. The highest BCUT2D eigenvalue weighted by molar-refractivity contribution is 5.81. The molecule has 2 fully saturated rings. The maximum atomic E-state index is 13.7. The Bertz CT molecular complexity index is 541. The lowest BCUT2D eigenvalue weighted by Crippen LogP contribution is -2.49. The third-order valence-corrected chi connectivity index (χ3v) is 4.72. The normalized spacial score (nSPS) is 30.3. The number of ether oxygens (including phenoxy) is 1. The van der Waals surface area contributed by atoms with E-state index in [1.54, 1.807) is 20.8 Å². The number of nitriles is 1. The second kappa shape index (κ2) is 8.03. The van der Waals surface area contributed by atoms with Crippen molar-refractivity contribution >= 4 is 12.0 Å². The first-order valence-electron chi connectivity index (χ1n) is 9.05. The van der Waals surface area contributed by atoms with Gasteiger partial charge >= 0.3 is 6.09 Å². The van der Waals surface area contributed by atoms with Crippen molar-refractivity contribution in [1.29, 1.82) is 5.26 Å². The maximum absolute atomic E-state index is 13.7. The molecule has 1 heterocycles. The van der Waals surface area contributed by atoms with Gasteiger partial charge < -0.3 is 15.0 Å². The summed E-state index contributed by atoms with van der Waals surface area (Å²) in [7, 11) is 0. The number of alkyl carbamates (subject to hydrolysis) is 1. The molecule has 1 aliphatic heterocycles. The Morgan fingerprint density at radius 2 is 1.92 bits per heavy atom. The van der Waals surface area contributed by atoms with Crippen LogP contribution in [0.25, 0.3) is 0 Å². The summed E-state index contributed by atoms with van der Waals surface area (Å²) in [6, 6.07) is 0.960. The molecule has 0 aromatic carbocycles. The van der Waals surface area contributed by atoms with E-state index >= 15 is 0 Å². The molecule has 1 saturated heterocycles. The lowest BCUT2D eigenvalue weighted by atomic mass is 9.93. The Morgan fingerprint density at radius 1 is 1.24 bits per heavy atom. The number of hydrogen-bond acceptors (Lipinski definition) is 4. The van der Waals surface area contributed by atoms with E-state index in [0.717, 1.165) is 19.3 Å². The number of carbonyl (C=O) groups excluding carboxylic acids is 2. The topological polar surface area (TPSA) is 82.4 Å². The van der Waals surface area contributed by atoms with Crippen molar-refractivity contribution in [2.24, 2.45) is 5.92 Å². The second-order valence-corrected chi connectivity index (χ2v) is 7.97. The fourth-order valence-electron chi connectivity index (χ4n) is 3.60. The molecule has 2 amide bonds. The fraction of sp³-hybridized carbons (Fsp3) is 0.833. The average Bonchev–Trinajstić information content (AvgIpc) is 2.73. The van der Waals surface area contributed by atoms with Crippen molar-refractivity contribution in [3.8, 4) is 6.07 Å². The molecule has 2 aliphatic rings. The number of carbonyl (C=O) groups is 2. The van der Waals surface area contributed by atoms with Crippen LogP contribution in [-0.2, 0) is 9.53 Å². The third kappa shape index (κ3) is 5.32. The van der Waals surface area contributed by atoms with Crippen LogP contribution in [0.2, 0.25) is 0 Å². The maximum Gasteiger partial charge on any atom is 0.407 e. The zero-order valence-corrected chi connectivity index (χ0v) is 15.3. The van der Waals surface area contributed by atoms with Crippen LogP contribution in [0.1, 0.15) is 59.3 Å². The van der Waals surface area contributed by atoms with E-state index in [9.17, 15) is 19.2 Å². The lowest BCUT2D eigenvalue weighted by Gasteiger charge is -2.31. The summed E-state index contributed by atoms with van der Waals surface area (Å²) in [6.45, 7) is 5.31. The molecule has 7 heteroatoms. The number of nitrogens with one attached hydrogen (secondary N) is 1. The van der Waals surface area contributed by atoms with Crippen LogP contribution < -0.4 is 5.32 Å². The Hall–Kier alpha value is -1.84. The van der Waals surface area contributed by atoms with Gasteiger partial charge in [-0.25, -0.2) is 9.18 Å². The van der Waals surface area contributed by atoms with Crippen molar-refractivity contribution in [3.05, 3.63) is 0 Å². The van der Waals surface area contributed by atoms with Gasteiger partial charge in [0.1, 0.15) is 17.8 Å². The predicted octanol–water partition coefficient (Wildman–Crippen LogP) is 2.92. The van der Waals surface area contributed by atoms with Crippen LogP contribution >= 0.6 is 0 Å². The Morgan fingerprint density at radius 3 is 2.56 bits per heavy atom. The summed E-state index contributed by atoms with van der Waals surface area (Å²) < 4.78 is 19.0. The van der Waals surface area contributed by atoms with E-state index in [0.29, 0.717) is 12.8 Å². The van der Waals surface area contributed by atoms with Gasteiger partial charge in [0.2, 0.25) is 5.91 Å². The monoisotopic (exact) mass is 353 g/mol. The Labute approximate surface area is 148 Å². The Balaban J connectivity index is 2.10. The van der Waals surface area contributed by atoms with Crippen LogP contribution in [0.5, 0.6) is 0 Å². The van der Waals surface area contributed by atoms with Gasteiger partial charge in [-0.15, -0.1) is 0 Å². The molecular weight excluding hydrogens is 325 g/mol. The first-order chi connectivity index (χ1) is 11.7. The number of likely N-dealkylation sites (tertiary alicyclic amines) is 1. The molecule has 2 unspecified atom stereocenters. The van der Waals surface area contributed by atoms with Crippen LogP contribution in [0.4, 0.5) is 9.18 Å². The van der Waals surface area contributed by atoms with E-state index in [1.807, 2.05) is 6.07 Å². The highest BCUT2D eigenvalue weighted by Crippen LogP contribution is 2.29. The van der Waals surface area contributed by atoms with Crippen LogP contribution in [0.3, 0.4) is 0 Å². The molecule has 25 heavy (non-hydrogen) atoms. The predicted molar refractivity (Wildman–Crippen MR) is 90.4 cm³/mol. The average molecular weight is 353 g/mol. The highest BCUT2D eigenvalue weighted by Gasteiger charge is 2.41. The number of halogens is 1. The van der Waals surface area contributed by atoms with E-state index in [2.05, 4.69) is 5.32 Å². The summed E-state index contributed by atoms with van der Waals surface area (Å²) in [5.74, 6) is -0.661. The van der Waals surface area contributed by atoms with Crippen LogP contribution in [0.15, 0.2) is 0 Å². The van der Waals surface area contributed by atoms with Crippen molar-refractivity contribution in [2.75, 3.05) is 6.54 Å². The van der Waals surface area contributed by atoms with Crippen molar-refractivity contribution in [2.45, 2.75) is 83.2 Å². The van der Waals surface area contributed by atoms with E-state index in [1.165, 1.54) is 4.90 Å². The molecule has 4 atom stereocenters. The molecule has 1 N–H and O–H groups in total. The molecule has 2 rings (SSSR count). The van der Waals surface area contributed by atoms with Gasteiger partial charge in [-0.1, -0.05) is 19.3 Å². The summed E-state index contributed by atoms with van der Waals surface area (Å²) in [5, 5.41) is 12.0. The number of nitrogens with zero attached hydrogens (tertiary/aromatic N) is 2. The summed E-state index contributed by atoms with van der Waals surface area (Å²) in [4.78, 5) is 26.4. The van der Waals surface area contributed by atoms with Gasteiger partial charge in [0.05, 0.1) is 18.5 Å². The SMILES string of the molecule is CC(C)(C)OC(=O)N[C@@H]1CCCCC[C@@H]1C(=O)N1CC(F)CC1C#N. The number of amides is 2. The summed E-state index contributed by atoms with van der Waals surface area (Å²) in [6.07, 6.45) is 2.47. The molecular formula is C18H28FN3O3. The minimum absolute atomic E-state index is 0.0350. The Kier molecular flexibility index (Phi) is 6.26. The van der Waals surface area contributed by atoms with Crippen molar-refractivity contribution in [1.82, 2.24) is 10.2 Å². The largest absolute Gasteiger partial charge is 0.444 e. The molecule has 0 aromatic rings. The van der Waals surface area contributed by atoms with Crippen LogP contribution in [-0.4, -0.2) is 47.3 Å². The molecule has 0 bridgehead atoms. The summed E-state index contributed by atoms with van der Waals surface area (Å²) >= 11 is 0. The zero-order valence-electron chi connectivity index (χ0n) is 15.3. The van der Waals surface area contributed by atoms with Gasteiger partial charge in [0, 0.05) is 12.5 Å². The molecule has 0 radical (unpaired) electrons. The first-order valence-corrected chi connectivity index (χ1v) is 9.05. The molecule has 1 saturated carbocycles. The van der Waals surface area contributed by atoms with Gasteiger partial charge in [-0.3, -0.25) is 4.79 Å². The van der Waals surface area contributed by atoms with Crippen molar-refractivity contribution in [3.63, 3.8) is 0 Å². The van der Waals surface area contributed by atoms with Gasteiger partial charge in [0.15, 0.2) is 0 Å². The molecule has 140 valence electrons. The fourth-order valence-corrected chi connectivity index (χ4v) is 3.60. The molecule has 6 nitrogen and oxygen atoms in total. The van der Waals surface area contributed by atoms with E-state index in [4.69, 9.17) is 4.74 Å². The smallest absolute Gasteiger partial charge is 0.407 e. The number of rotatable bonds is 2. The minimum atomic E-state index is -1.16. The first kappa shape index (κ1) is 19.5. The second-order valence-electron chi connectivity index (χ2n) is 7.97. The van der Waals surface area contributed by atoms with E-state index in [-0.39, 0.29) is 24.9 Å². The molecule has 1 aliphatic carbocycles. The van der Waals surface area contributed by atoms with Gasteiger partial charge in [-0.2, -0.15) is 5.26 Å².